The Morgan fingerprint density at radius 3 is 2.69 bits per heavy atom. The summed E-state index contributed by atoms with van der Waals surface area (Å²) >= 11 is 0. The molecule has 16 heavy (non-hydrogen) atoms. The number of nitrogens with zero attached hydrogens (tertiary/aromatic N) is 4. The lowest BCUT2D eigenvalue weighted by atomic mass is 10.2. The van der Waals surface area contributed by atoms with Crippen LogP contribution < -0.4 is 0 Å². The van der Waals surface area contributed by atoms with Crippen LogP contribution in [0.25, 0.3) is 0 Å². The van der Waals surface area contributed by atoms with E-state index in [4.69, 9.17) is 0 Å². The summed E-state index contributed by atoms with van der Waals surface area (Å²) in [7, 11) is 3.76. The Labute approximate surface area is 94.4 Å². The van der Waals surface area contributed by atoms with Crippen molar-refractivity contribution < 1.29 is 5.11 Å². The summed E-state index contributed by atoms with van der Waals surface area (Å²) in [6, 6.07) is 1.98. The third-order valence-electron chi connectivity index (χ3n) is 2.66. The van der Waals surface area contributed by atoms with E-state index in [2.05, 4.69) is 10.1 Å². The minimum Gasteiger partial charge on any atom is -0.385 e. The lowest BCUT2D eigenvalue weighted by Gasteiger charge is -2.10. The fourth-order valence-corrected chi connectivity index (χ4v) is 1.84. The highest BCUT2D eigenvalue weighted by Gasteiger charge is 2.15. The molecule has 86 valence electrons. The first-order chi connectivity index (χ1) is 7.58. The molecule has 2 heterocycles. The minimum absolute atomic E-state index is 0.530. The van der Waals surface area contributed by atoms with E-state index >= 15 is 0 Å². The average molecular weight is 220 g/mol. The summed E-state index contributed by atoms with van der Waals surface area (Å²) in [5.74, 6) is 0.679. The molecule has 0 spiro atoms. The molecule has 1 atom stereocenters. The van der Waals surface area contributed by atoms with Crippen LogP contribution in [0, 0.1) is 6.92 Å². The average Bonchev–Trinajstić information content (AvgIpc) is 2.74. The van der Waals surface area contributed by atoms with Crippen molar-refractivity contribution in [3.63, 3.8) is 0 Å². The molecule has 2 aromatic rings. The van der Waals surface area contributed by atoms with E-state index in [9.17, 15) is 5.11 Å². The van der Waals surface area contributed by atoms with Crippen LogP contribution in [0.15, 0.2) is 18.5 Å². The number of aromatic nitrogens is 4. The first-order valence-electron chi connectivity index (χ1n) is 5.22. The molecule has 0 aromatic carbocycles. The van der Waals surface area contributed by atoms with Crippen LogP contribution in [0.1, 0.15) is 23.3 Å². The molecule has 2 rings (SSSR count). The van der Waals surface area contributed by atoms with Gasteiger partial charge in [-0.3, -0.25) is 4.68 Å². The van der Waals surface area contributed by atoms with Crippen molar-refractivity contribution in [3.05, 3.63) is 35.7 Å². The molecular weight excluding hydrogens is 204 g/mol. The molecule has 0 radical (unpaired) electrons. The summed E-state index contributed by atoms with van der Waals surface area (Å²) in [6.45, 7) is 1.94. The van der Waals surface area contributed by atoms with Crippen LogP contribution in [0.2, 0.25) is 0 Å². The van der Waals surface area contributed by atoms with E-state index < -0.39 is 6.10 Å². The van der Waals surface area contributed by atoms with Crippen molar-refractivity contribution in [2.45, 2.75) is 19.4 Å². The fourth-order valence-electron chi connectivity index (χ4n) is 1.84. The Hall–Kier alpha value is -1.62. The number of hydrogen-bond acceptors (Lipinski definition) is 3. The SMILES string of the molecule is Cc1cc(CC(O)c2nccn2C)n(C)n1. The second kappa shape index (κ2) is 4.09. The van der Waals surface area contributed by atoms with Crippen molar-refractivity contribution in [2.75, 3.05) is 0 Å². The molecule has 0 aliphatic heterocycles. The van der Waals surface area contributed by atoms with E-state index in [0.717, 1.165) is 11.4 Å². The number of rotatable bonds is 3. The van der Waals surface area contributed by atoms with Gasteiger partial charge in [0.2, 0.25) is 0 Å². The quantitative estimate of drug-likeness (QED) is 0.830. The van der Waals surface area contributed by atoms with E-state index in [1.54, 1.807) is 10.9 Å². The van der Waals surface area contributed by atoms with Crippen LogP contribution in [0.5, 0.6) is 0 Å². The van der Waals surface area contributed by atoms with Gasteiger partial charge in [-0.25, -0.2) is 4.98 Å². The predicted molar refractivity (Wildman–Crippen MR) is 59.8 cm³/mol. The zero-order valence-electron chi connectivity index (χ0n) is 9.75. The third-order valence-corrected chi connectivity index (χ3v) is 2.66. The van der Waals surface area contributed by atoms with E-state index in [1.807, 2.05) is 37.8 Å². The smallest absolute Gasteiger partial charge is 0.137 e. The van der Waals surface area contributed by atoms with E-state index in [1.165, 1.54) is 0 Å². The van der Waals surface area contributed by atoms with Gasteiger partial charge in [-0.15, -0.1) is 0 Å². The van der Waals surface area contributed by atoms with Gasteiger partial charge in [0.05, 0.1) is 5.69 Å². The normalized spacial score (nSPS) is 13.0. The molecule has 0 bridgehead atoms. The topological polar surface area (TPSA) is 55.9 Å². The van der Waals surface area contributed by atoms with Crippen molar-refractivity contribution in [3.8, 4) is 0 Å². The summed E-state index contributed by atoms with van der Waals surface area (Å²) < 4.78 is 3.62. The lowest BCUT2D eigenvalue weighted by molar-refractivity contribution is 0.162. The highest BCUT2D eigenvalue weighted by atomic mass is 16.3. The van der Waals surface area contributed by atoms with Crippen molar-refractivity contribution in [2.24, 2.45) is 14.1 Å². The van der Waals surface area contributed by atoms with E-state index in [0.29, 0.717) is 12.2 Å². The number of aryl methyl sites for hydroxylation is 3. The van der Waals surface area contributed by atoms with Gasteiger partial charge in [0.25, 0.3) is 0 Å². The van der Waals surface area contributed by atoms with Crippen molar-refractivity contribution >= 4 is 0 Å². The van der Waals surface area contributed by atoms with Crippen LogP contribution in [0.3, 0.4) is 0 Å². The van der Waals surface area contributed by atoms with Gasteiger partial charge in [0.1, 0.15) is 11.9 Å². The van der Waals surface area contributed by atoms with Crippen LogP contribution in [0.4, 0.5) is 0 Å². The van der Waals surface area contributed by atoms with Gasteiger partial charge >= 0.3 is 0 Å². The zero-order chi connectivity index (χ0) is 11.7. The first kappa shape index (κ1) is 10.9. The maximum atomic E-state index is 10.1. The predicted octanol–water partition coefficient (Wildman–Crippen LogP) is 0.738. The fraction of sp³-hybridized carbons (Fsp3) is 0.455. The number of aliphatic hydroxyl groups is 1. The van der Waals surface area contributed by atoms with Gasteiger partial charge in [-0.2, -0.15) is 5.10 Å². The molecule has 5 nitrogen and oxygen atoms in total. The highest BCUT2D eigenvalue weighted by Crippen LogP contribution is 2.16. The molecule has 0 fully saturated rings. The van der Waals surface area contributed by atoms with Gasteiger partial charge < -0.3 is 9.67 Å². The standard InChI is InChI=1S/C11H16N4O/c1-8-6-9(15(3)13-8)7-10(16)11-12-4-5-14(11)2/h4-6,10,16H,7H2,1-3H3. The molecule has 0 saturated carbocycles. The molecule has 0 aliphatic carbocycles. The van der Waals surface area contributed by atoms with Gasteiger partial charge in [0, 0.05) is 38.6 Å². The second-order valence-corrected chi connectivity index (χ2v) is 4.02. The molecule has 1 N–H and O–H groups in total. The Kier molecular flexibility index (Phi) is 2.78. The van der Waals surface area contributed by atoms with Crippen LogP contribution in [-0.4, -0.2) is 24.4 Å². The molecule has 0 saturated heterocycles. The summed E-state index contributed by atoms with van der Waals surface area (Å²) in [5, 5.41) is 14.3. The molecular formula is C11H16N4O. The largest absolute Gasteiger partial charge is 0.385 e. The van der Waals surface area contributed by atoms with Crippen molar-refractivity contribution in [1.82, 2.24) is 19.3 Å². The maximum absolute atomic E-state index is 10.1. The second-order valence-electron chi connectivity index (χ2n) is 4.02. The highest BCUT2D eigenvalue weighted by molar-refractivity contribution is 5.11. The molecule has 5 heteroatoms. The third kappa shape index (κ3) is 1.99. The number of imidazole rings is 1. The Morgan fingerprint density at radius 2 is 2.19 bits per heavy atom. The summed E-state index contributed by atoms with van der Waals surface area (Å²) in [5.41, 5.74) is 1.97. The van der Waals surface area contributed by atoms with Gasteiger partial charge in [0.15, 0.2) is 0 Å². The Bertz CT molecular complexity index is 486. The van der Waals surface area contributed by atoms with Crippen LogP contribution >= 0.6 is 0 Å². The molecule has 1 unspecified atom stereocenters. The Balaban J connectivity index is 2.16. The van der Waals surface area contributed by atoms with Crippen LogP contribution in [-0.2, 0) is 20.5 Å². The molecule has 0 aliphatic rings. The summed E-state index contributed by atoms with van der Waals surface area (Å²) in [4.78, 5) is 4.13. The monoisotopic (exact) mass is 220 g/mol. The Morgan fingerprint density at radius 1 is 1.44 bits per heavy atom. The lowest BCUT2D eigenvalue weighted by Crippen LogP contribution is -2.10. The zero-order valence-corrected chi connectivity index (χ0v) is 9.75. The van der Waals surface area contributed by atoms with Gasteiger partial charge in [-0.1, -0.05) is 0 Å². The van der Waals surface area contributed by atoms with Crippen molar-refractivity contribution in [1.29, 1.82) is 0 Å². The molecule has 0 amide bonds. The first-order valence-corrected chi connectivity index (χ1v) is 5.22. The summed E-state index contributed by atoms with van der Waals surface area (Å²) in [6.07, 6.45) is 3.46. The minimum atomic E-state index is -0.588. The van der Waals surface area contributed by atoms with Gasteiger partial charge in [-0.05, 0) is 13.0 Å². The number of aliphatic hydroxyl groups excluding tert-OH is 1. The maximum Gasteiger partial charge on any atom is 0.137 e. The van der Waals surface area contributed by atoms with E-state index in [-0.39, 0.29) is 0 Å². The molecule has 2 aromatic heterocycles. The number of hydrogen-bond donors (Lipinski definition) is 1.